The summed E-state index contributed by atoms with van der Waals surface area (Å²) in [6, 6.07) is 10.3. The Kier molecular flexibility index (Phi) is 5.12. The van der Waals surface area contributed by atoms with Gasteiger partial charge in [-0.2, -0.15) is 4.80 Å². The van der Waals surface area contributed by atoms with Gasteiger partial charge in [-0.3, -0.25) is 0 Å². The number of alkyl halides is 1. The maximum atomic E-state index is 14.3. The molecule has 1 unspecified atom stereocenters. The van der Waals surface area contributed by atoms with E-state index in [0.717, 1.165) is 28.5 Å². The van der Waals surface area contributed by atoms with Crippen molar-refractivity contribution in [3.63, 3.8) is 0 Å². The zero-order valence-electron chi connectivity index (χ0n) is 15.1. The van der Waals surface area contributed by atoms with Crippen LogP contribution in [0.4, 0.5) is 8.78 Å². The highest BCUT2D eigenvalue weighted by atomic mass is 35.5. The van der Waals surface area contributed by atoms with E-state index in [0.29, 0.717) is 17.6 Å². The van der Waals surface area contributed by atoms with Crippen molar-refractivity contribution >= 4 is 22.9 Å². The first-order chi connectivity index (χ1) is 13.9. The van der Waals surface area contributed by atoms with Crippen molar-refractivity contribution in [3.05, 3.63) is 70.1 Å². The van der Waals surface area contributed by atoms with E-state index in [4.69, 9.17) is 11.6 Å². The number of nitrogens with zero attached hydrogens (tertiary/aromatic N) is 5. The zero-order chi connectivity index (χ0) is 20.6. The van der Waals surface area contributed by atoms with Crippen LogP contribution in [0.25, 0.3) is 22.6 Å². The quantitative estimate of drug-likeness (QED) is 0.485. The minimum atomic E-state index is -1.87. The summed E-state index contributed by atoms with van der Waals surface area (Å²) in [7, 11) is 1.68. The molecule has 29 heavy (non-hydrogen) atoms. The van der Waals surface area contributed by atoms with Gasteiger partial charge in [-0.05, 0) is 17.3 Å². The Balaban J connectivity index is 1.66. The molecule has 0 saturated carbocycles. The third-order valence-electron chi connectivity index (χ3n) is 4.38. The molecule has 0 fully saturated rings. The van der Waals surface area contributed by atoms with Gasteiger partial charge in [-0.15, -0.1) is 33.1 Å². The van der Waals surface area contributed by atoms with E-state index in [2.05, 4.69) is 20.4 Å². The second-order valence-electron chi connectivity index (χ2n) is 6.34. The molecule has 0 aliphatic carbocycles. The highest BCUT2D eigenvalue weighted by Crippen LogP contribution is 2.36. The molecule has 0 bridgehead atoms. The van der Waals surface area contributed by atoms with Crippen molar-refractivity contribution in [1.82, 2.24) is 25.2 Å². The molecule has 0 amide bonds. The molecule has 148 valence electrons. The van der Waals surface area contributed by atoms with Crippen molar-refractivity contribution < 1.29 is 13.9 Å². The third kappa shape index (κ3) is 3.64. The Labute approximate surface area is 173 Å². The van der Waals surface area contributed by atoms with Crippen LogP contribution in [-0.4, -0.2) is 36.2 Å². The van der Waals surface area contributed by atoms with E-state index in [9.17, 15) is 13.9 Å². The van der Waals surface area contributed by atoms with Crippen molar-refractivity contribution in [3.8, 4) is 22.6 Å². The fraction of sp³-hybridized carbons (Fsp3) is 0.158. The molecule has 1 N–H and O–H groups in total. The number of aryl methyl sites for hydroxylation is 1. The van der Waals surface area contributed by atoms with E-state index in [1.807, 2.05) is 24.3 Å². The number of tetrazole rings is 1. The predicted octanol–water partition coefficient (Wildman–Crippen LogP) is 3.75. The predicted molar refractivity (Wildman–Crippen MR) is 105 cm³/mol. The molecule has 4 rings (SSSR count). The Morgan fingerprint density at radius 3 is 2.48 bits per heavy atom. The molecule has 0 spiro atoms. The third-order valence-corrected chi connectivity index (χ3v) is 5.76. The van der Waals surface area contributed by atoms with Gasteiger partial charge in [0.05, 0.1) is 18.6 Å². The number of thiazole rings is 1. The minimum absolute atomic E-state index is 0.126. The molecule has 1 atom stereocenters. The molecule has 2 aromatic heterocycles. The van der Waals surface area contributed by atoms with Crippen LogP contribution in [0, 0.1) is 11.6 Å². The molecule has 2 heterocycles. The first kappa shape index (κ1) is 19.6. The molecule has 10 heteroatoms. The van der Waals surface area contributed by atoms with Crippen molar-refractivity contribution in [2.45, 2.75) is 5.60 Å². The molecule has 0 radical (unpaired) electrons. The highest BCUT2D eigenvalue weighted by molar-refractivity contribution is 7.10. The van der Waals surface area contributed by atoms with Gasteiger partial charge < -0.3 is 5.11 Å². The maximum Gasteiger partial charge on any atom is 0.204 e. The second kappa shape index (κ2) is 7.58. The van der Waals surface area contributed by atoms with Gasteiger partial charge in [-0.25, -0.2) is 13.8 Å². The number of aromatic nitrogens is 5. The number of aliphatic hydroxyl groups is 1. The summed E-state index contributed by atoms with van der Waals surface area (Å²) in [6.45, 7) is 0. The van der Waals surface area contributed by atoms with Gasteiger partial charge >= 0.3 is 0 Å². The molecule has 0 aliphatic rings. The topological polar surface area (TPSA) is 76.7 Å². The Morgan fingerprint density at radius 2 is 1.86 bits per heavy atom. The smallest absolute Gasteiger partial charge is 0.204 e. The molecular weight excluding hydrogens is 420 g/mol. The van der Waals surface area contributed by atoms with Crippen LogP contribution in [-0.2, 0) is 12.6 Å². The van der Waals surface area contributed by atoms with E-state index in [1.54, 1.807) is 12.4 Å². The lowest BCUT2D eigenvalue weighted by Crippen LogP contribution is -2.30. The number of rotatable bonds is 5. The number of benzene rings is 2. The van der Waals surface area contributed by atoms with Crippen molar-refractivity contribution in [2.75, 3.05) is 5.88 Å². The normalized spacial score (nSPS) is 13.4. The van der Waals surface area contributed by atoms with Gasteiger partial charge in [0.15, 0.2) is 5.60 Å². The lowest BCUT2D eigenvalue weighted by Gasteiger charge is -2.24. The molecule has 0 aliphatic heterocycles. The zero-order valence-corrected chi connectivity index (χ0v) is 16.6. The van der Waals surface area contributed by atoms with Crippen LogP contribution in [0.1, 0.15) is 10.6 Å². The van der Waals surface area contributed by atoms with Crippen molar-refractivity contribution in [2.24, 2.45) is 7.05 Å². The van der Waals surface area contributed by atoms with Gasteiger partial charge in [0, 0.05) is 28.1 Å². The first-order valence-corrected chi connectivity index (χ1v) is 9.87. The summed E-state index contributed by atoms with van der Waals surface area (Å²) in [4.78, 5) is 5.82. The van der Waals surface area contributed by atoms with Gasteiger partial charge in [0.2, 0.25) is 5.82 Å². The average Bonchev–Trinajstić information content (AvgIpc) is 3.37. The number of hydrogen-bond acceptors (Lipinski definition) is 6. The SMILES string of the molecule is Cn1nnc(-c2ccc(-c3csc(C(O)(CCl)c4ccc(F)cc4F)n3)cc2)n1. The van der Waals surface area contributed by atoms with E-state index < -0.39 is 17.2 Å². The number of halogens is 3. The Bertz CT molecular complexity index is 1160. The van der Waals surface area contributed by atoms with E-state index >= 15 is 0 Å². The van der Waals surface area contributed by atoms with Gasteiger partial charge in [-0.1, -0.05) is 24.3 Å². The number of hydrogen-bond donors (Lipinski definition) is 1. The summed E-state index contributed by atoms with van der Waals surface area (Å²) < 4.78 is 27.5. The van der Waals surface area contributed by atoms with E-state index in [-0.39, 0.29) is 16.5 Å². The first-order valence-electron chi connectivity index (χ1n) is 8.45. The van der Waals surface area contributed by atoms with Crippen LogP contribution in [0.3, 0.4) is 0 Å². The standard InChI is InChI=1S/C19H14ClF2N5OS/c1-27-25-17(24-26-27)12-4-2-11(3-5-12)16-9-29-18(23-16)19(28,10-20)14-7-6-13(21)8-15(14)22/h2-9,28H,10H2,1H3. The lowest BCUT2D eigenvalue weighted by molar-refractivity contribution is 0.101. The highest BCUT2D eigenvalue weighted by Gasteiger charge is 2.36. The largest absolute Gasteiger partial charge is 0.376 e. The summed E-state index contributed by atoms with van der Waals surface area (Å²) >= 11 is 7.11. The summed E-state index contributed by atoms with van der Waals surface area (Å²) in [6.07, 6.45) is 0. The van der Waals surface area contributed by atoms with E-state index in [1.165, 1.54) is 10.9 Å². The monoisotopic (exact) mass is 433 g/mol. The second-order valence-corrected chi connectivity index (χ2v) is 7.46. The van der Waals surface area contributed by atoms with Crippen LogP contribution in [0.15, 0.2) is 47.8 Å². The summed E-state index contributed by atoms with van der Waals surface area (Å²) in [5, 5.41) is 24.9. The summed E-state index contributed by atoms with van der Waals surface area (Å²) in [5.74, 6) is -1.45. The van der Waals surface area contributed by atoms with Crippen molar-refractivity contribution in [1.29, 1.82) is 0 Å². The van der Waals surface area contributed by atoms with Crippen LogP contribution < -0.4 is 0 Å². The molecular formula is C19H14ClF2N5OS. The Morgan fingerprint density at radius 1 is 1.14 bits per heavy atom. The average molecular weight is 434 g/mol. The molecule has 2 aromatic carbocycles. The van der Waals surface area contributed by atoms with Crippen LogP contribution >= 0.6 is 22.9 Å². The maximum absolute atomic E-state index is 14.3. The molecule has 6 nitrogen and oxygen atoms in total. The van der Waals surface area contributed by atoms with Crippen LogP contribution in [0.2, 0.25) is 0 Å². The minimum Gasteiger partial charge on any atom is -0.376 e. The molecule has 0 saturated heterocycles. The van der Waals surface area contributed by atoms with Gasteiger partial charge in [0.25, 0.3) is 0 Å². The lowest BCUT2D eigenvalue weighted by atomic mass is 9.96. The van der Waals surface area contributed by atoms with Gasteiger partial charge in [0.1, 0.15) is 16.6 Å². The fourth-order valence-electron chi connectivity index (χ4n) is 2.86. The summed E-state index contributed by atoms with van der Waals surface area (Å²) in [5.41, 5.74) is 0.180. The Hall–Kier alpha value is -2.75. The fourth-order valence-corrected chi connectivity index (χ4v) is 4.15. The van der Waals surface area contributed by atoms with Crippen LogP contribution in [0.5, 0.6) is 0 Å². The molecule has 4 aromatic rings.